The highest BCUT2D eigenvalue weighted by molar-refractivity contribution is 6.00. The second-order valence-corrected chi connectivity index (χ2v) is 8.98. The van der Waals surface area contributed by atoms with E-state index in [1.807, 2.05) is 36.1 Å². The number of ether oxygens (including phenoxy) is 2. The molecular formula is C25H31N5O5. The lowest BCUT2D eigenvalue weighted by atomic mass is 10.0. The van der Waals surface area contributed by atoms with E-state index in [-0.39, 0.29) is 24.2 Å². The molecule has 0 radical (unpaired) electrons. The van der Waals surface area contributed by atoms with Crippen molar-refractivity contribution in [2.75, 3.05) is 13.3 Å². The first-order chi connectivity index (χ1) is 16.9. The molecule has 1 aliphatic rings. The molecule has 2 aromatic heterocycles. The van der Waals surface area contributed by atoms with Gasteiger partial charge in [-0.3, -0.25) is 14.4 Å². The summed E-state index contributed by atoms with van der Waals surface area (Å²) >= 11 is 0. The van der Waals surface area contributed by atoms with Gasteiger partial charge in [0, 0.05) is 44.3 Å². The van der Waals surface area contributed by atoms with E-state index < -0.39 is 17.4 Å². The van der Waals surface area contributed by atoms with Crippen molar-refractivity contribution in [3.05, 3.63) is 52.8 Å². The van der Waals surface area contributed by atoms with Crippen molar-refractivity contribution in [2.24, 2.45) is 5.92 Å². The number of imidazole rings is 1. The Bertz CT molecular complexity index is 1270. The Morgan fingerprint density at radius 2 is 1.97 bits per heavy atom. The number of aryl methyl sites for hydroxylation is 2. The molecule has 0 spiro atoms. The number of nitrogens with zero attached hydrogens (tertiary/aromatic N) is 3. The Labute approximate surface area is 203 Å². The average molecular weight is 482 g/mol. The van der Waals surface area contributed by atoms with E-state index >= 15 is 0 Å². The van der Waals surface area contributed by atoms with Crippen molar-refractivity contribution in [1.29, 1.82) is 0 Å². The predicted octanol–water partition coefficient (Wildman–Crippen LogP) is 2.30. The largest absolute Gasteiger partial charge is 0.454 e. The maximum atomic E-state index is 13.3. The molecule has 0 saturated carbocycles. The smallest absolute Gasteiger partial charge is 0.257 e. The van der Waals surface area contributed by atoms with E-state index in [1.165, 1.54) is 6.20 Å². The van der Waals surface area contributed by atoms with Gasteiger partial charge in [-0.2, -0.15) is 0 Å². The van der Waals surface area contributed by atoms with Crippen LogP contribution in [0.5, 0.6) is 11.5 Å². The maximum Gasteiger partial charge on any atom is 0.257 e. The number of amides is 2. The second kappa shape index (κ2) is 10.6. The van der Waals surface area contributed by atoms with E-state index in [0.29, 0.717) is 41.9 Å². The fourth-order valence-electron chi connectivity index (χ4n) is 4.16. The number of carbonyl (C=O) groups excluding carboxylic acids is 2. The number of benzene rings is 1. The normalized spacial score (nSPS) is 13.3. The van der Waals surface area contributed by atoms with Gasteiger partial charge in [0.15, 0.2) is 11.5 Å². The van der Waals surface area contributed by atoms with E-state index in [4.69, 9.17) is 9.47 Å². The number of nitrogens with one attached hydrogen (secondary N) is 2. The fourth-order valence-corrected chi connectivity index (χ4v) is 4.16. The molecular weight excluding hydrogens is 450 g/mol. The van der Waals surface area contributed by atoms with Crippen LogP contribution in [0, 0.1) is 5.92 Å². The Morgan fingerprint density at radius 1 is 1.20 bits per heavy atom. The van der Waals surface area contributed by atoms with Gasteiger partial charge in [0.05, 0.1) is 17.2 Å². The molecule has 1 atom stereocenters. The molecule has 2 N–H and O–H groups in total. The monoisotopic (exact) mass is 481 g/mol. The molecule has 2 amide bonds. The zero-order valence-corrected chi connectivity index (χ0v) is 20.2. The third-order valence-electron chi connectivity index (χ3n) is 5.94. The Kier molecular flexibility index (Phi) is 7.38. The van der Waals surface area contributed by atoms with Crippen molar-refractivity contribution in [3.8, 4) is 11.5 Å². The molecule has 10 heteroatoms. The minimum atomic E-state index is -0.752. The Hall–Kier alpha value is -3.82. The SMILES string of the molecule is CCn1cc(C(=O)N[C@H](CC(C)C)C(=O)NCCCn2ccnc2)c(=O)c2cc3c(cc21)OCO3. The lowest BCUT2D eigenvalue weighted by molar-refractivity contribution is -0.123. The van der Waals surface area contributed by atoms with Crippen molar-refractivity contribution in [2.45, 2.75) is 52.7 Å². The number of hydrogen-bond acceptors (Lipinski definition) is 6. The first kappa shape index (κ1) is 24.3. The first-order valence-electron chi connectivity index (χ1n) is 11.9. The summed E-state index contributed by atoms with van der Waals surface area (Å²) in [4.78, 5) is 43.4. The molecule has 186 valence electrons. The van der Waals surface area contributed by atoms with Gasteiger partial charge in [-0.25, -0.2) is 4.98 Å². The van der Waals surface area contributed by atoms with Crippen molar-refractivity contribution >= 4 is 22.7 Å². The second-order valence-electron chi connectivity index (χ2n) is 8.98. The number of aromatic nitrogens is 3. The summed E-state index contributed by atoms with van der Waals surface area (Å²) in [5.41, 5.74) is 0.233. The van der Waals surface area contributed by atoms with Crippen molar-refractivity contribution < 1.29 is 19.1 Å². The minimum Gasteiger partial charge on any atom is -0.454 e. The Balaban J connectivity index is 1.51. The lowest BCUT2D eigenvalue weighted by Gasteiger charge is -2.21. The number of fused-ring (bicyclic) bond motifs is 2. The van der Waals surface area contributed by atoms with Crippen LogP contribution in [0.15, 0.2) is 41.8 Å². The topological polar surface area (TPSA) is 116 Å². The molecule has 10 nitrogen and oxygen atoms in total. The molecule has 1 aromatic carbocycles. The number of pyridine rings is 1. The van der Waals surface area contributed by atoms with Crippen LogP contribution in [-0.4, -0.2) is 45.3 Å². The summed E-state index contributed by atoms with van der Waals surface area (Å²) in [6.07, 6.45) is 8.02. The maximum absolute atomic E-state index is 13.3. The summed E-state index contributed by atoms with van der Waals surface area (Å²) in [6.45, 7) is 7.72. The summed E-state index contributed by atoms with van der Waals surface area (Å²) in [5, 5.41) is 6.06. The van der Waals surface area contributed by atoms with Crippen LogP contribution in [0.25, 0.3) is 10.9 Å². The first-order valence-corrected chi connectivity index (χ1v) is 11.9. The molecule has 0 aliphatic carbocycles. The highest BCUT2D eigenvalue weighted by atomic mass is 16.7. The average Bonchev–Trinajstić information content (AvgIpc) is 3.52. The predicted molar refractivity (Wildman–Crippen MR) is 131 cm³/mol. The highest BCUT2D eigenvalue weighted by Crippen LogP contribution is 2.35. The van der Waals surface area contributed by atoms with Gasteiger partial charge in [0.1, 0.15) is 11.6 Å². The number of hydrogen-bond donors (Lipinski definition) is 2. The summed E-state index contributed by atoms with van der Waals surface area (Å²) in [6, 6.07) is 2.61. The van der Waals surface area contributed by atoms with Crippen LogP contribution in [-0.2, 0) is 17.9 Å². The highest BCUT2D eigenvalue weighted by Gasteiger charge is 2.25. The molecule has 0 unspecified atom stereocenters. The van der Waals surface area contributed by atoms with Gasteiger partial charge in [-0.15, -0.1) is 0 Å². The van der Waals surface area contributed by atoms with Gasteiger partial charge in [-0.1, -0.05) is 13.8 Å². The summed E-state index contributed by atoms with van der Waals surface area (Å²) in [7, 11) is 0. The van der Waals surface area contributed by atoms with Crippen LogP contribution < -0.4 is 25.5 Å². The zero-order chi connectivity index (χ0) is 24.9. The molecule has 0 fully saturated rings. The van der Waals surface area contributed by atoms with E-state index in [9.17, 15) is 14.4 Å². The van der Waals surface area contributed by atoms with Crippen LogP contribution in [0.2, 0.25) is 0 Å². The quantitative estimate of drug-likeness (QED) is 0.429. The third-order valence-corrected chi connectivity index (χ3v) is 5.94. The van der Waals surface area contributed by atoms with Gasteiger partial charge in [0.2, 0.25) is 18.1 Å². The van der Waals surface area contributed by atoms with Crippen LogP contribution >= 0.6 is 0 Å². The van der Waals surface area contributed by atoms with Gasteiger partial charge in [0.25, 0.3) is 5.91 Å². The number of rotatable bonds is 10. The molecule has 35 heavy (non-hydrogen) atoms. The van der Waals surface area contributed by atoms with Crippen molar-refractivity contribution in [3.63, 3.8) is 0 Å². The van der Waals surface area contributed by atoms with E-state index in [1.54, 1.807) is 24.7 Å². The number of carbonyl (C=O) groups is 2. The van der Waals surface area contributed by atoms with E-state index in [0.717, 1.165) is 13.0 Å². The molecule has 0 bridgehead atoms. The standard InChI is InChI=1S/C25H31N5O5/c1-4-30-13-18(23(31)17-11-21-22(12-20(17)30)35-15-34-21)24(32)28-19(10-16(2)3)25(33)27-6-5-8-29-9-7-26-14-29/h7,9,11-14,16,19H,4-6,8,10,15H2,1-3H3,(H,27,33)(H,28,32)/t19-/m1/s1. The van der Waals surface area contributed by atoms with Gasteiger partial charge >= 0.3 is 0 Å². The van der Waals surface area contributed by atoms with Crippen LogP contribution in [0.1, 0.15) is 44.0 Å². The Morgan fingerprint density at radius 3 is 2.66 bits per heavy atom. The molecule has 4 rings (SSSR count). The van der Waals surface area contributed by atoms with Crippen LogP contribution in [0.4, 0.5) is 0 Å². The summed E-state index contributed by atoms with van der Waals surface area (Å²) < 4.78 is 14.6. The third kappa shape index (κ3) is 5.47. The summed E-state index contributed by atoms with van der Waals surface area (Å²) in [5.74, 6) is 0.370. The van der Waals surface area contributed by atoms with Gasteiger partial charge < -0.3 is 29.2 Å². The zero-order valence-electron chi connectivity index (χ0n) is 20.2. The molecule has 3 heterocycles. The molecule has 1 aliphatic heterocycles. The fraction of sp³-hybridized carbons (Fsp3) is 0.440. The minimum absolute atomic E-state index is 0.0140. The lowest BCUT2D eigenvalue weighted by Crippen LogP contribution is -2.48. The van der Waals surface area contributed by atoms with Crippen LogP contribution in [0.3, 0.4) is 0 Å². The van der Waals surface area contributed by atoms with E-state index in [2.05, 4.69) is 15.6 Å². The molecule has 3 aromatic rings. The molecule has 0 saturated heterocycles. The van der Waals surface area contributed by atoms with Crippen molar-refractivity contribution in [1.82, 2.24) is 24.8 Å². The van der Waals surface area contributed by atoms with Gasteiger partial charge in [-0.05, 0) is 31.7 Å².